The second-order valence-electron chi connectivity index (χ2n) is 8.42. The third kappa shape index (κ3) is 4.84. The van der Waals surface area contributed by atoms with Crippen molar-refractivity contribution in [3.8, 4) is 5.75 Å². The van der Waals surface area contributed by atoms with Gasteiger partial charge in [-0.25, -0.2) is 0 Å². The Kier molecular flexibility index (Phi) is 6.35. The molecular weight excluding hydrogens is 422 g/mol. The molecule has 2 N–H and O–H groups in total. The molecule has 2 unspecified atom stereocenters. The lowest BCUT2D eigenvalue weighted by Gasteiger charge is -2.33. The van der Waals surface area contributed by atoms with Gasteiger partial charge in [-0.1, -0.05) is 12.1 Å². The van der Waals surface area contributed by atoms with E-state index in [9.17, 15) is 19.5 Å². The molecule has 8 nitrogen and oxygen atoms in total. The summed E-state index contributed by atoms with van der Waals surface area (Å²) in [6.07, 6.45) is 2.65. The third-order valence-electron chi connectivity index (χ3n) is 5.89. The van der Waals surface area contributed by atoms with Crippen LogP contribution in [0.2, 0.25) is 0 Å². The number of phenols is 1. The minimum atomic E-state index is -0.886. The van der Waals surface area contributed by atoms with Gasteiger partial charge in [0.15, 0.2) is 11.8 Å². The van der Waals surface area contributed by atoms with E-state index in [0.29, 0.717) is 24.3 Å². The quantitative estimate of drug-likeness (QED) is 0.699. The van der Waals surface area contributed by atoms with Gasteiger partial charge in [0.1, 0.15) is 24.2 Å². The van der Waals surface area contributed by atoms with Gasteiger partial charge in [0.05, 0.1) is 0 Å². The largest absolute Gasteiger partial charge is 0.508 e. The van der Waals surface area contributed by atoms with E-state index in [2.05, 4.69) is 5.32 Å². The molecule has 0 saturated carbocycles. The monoisotopic (exact) mass is 449 g/mol. The number of amides is 2. The average Bonchev–Trinajstić information content (AvgIpc) is 3.20. The van der Waals surface area contributed by atoms with Crippen LogP contribution in [0.25, 0.3) is 0 Å². The molecule has 2 heterocycles. The summed E-state index contributed by atoms with van der Waals surface area (Å²) in [6, 6.07) is 12.0. The Morgan fingerprint density at radius 2 is 1.85 bits per heavy atom. The summed E-state index contributed by atoms with van der Waals surface area (Å²) in [5.74, 6) is -0.252. The van der Waals surface area contributed by atoms with Crippen LogP contribution in [0.4, 0.5) is 5.69 Å². The van der Waals surface area contributed by atoms with E-state index in [4.69, 9.17) is 4.74 Å². The lowest BCUT2D eigenvalue weighted by molar-refractivity contribution is -0.139. The molecule has 0 spiro atoms. The number of ketones is 1. The van der Waals surface area contributed by atoms with Crippen LogP contribution in [0.1, 0.15) is 22.3 Å². The average molecular weight is 450 g/mol. The highest BCUT2D eigenvalue weighted by molar-refractivity contribution is 6.00. The van der Waals surface area contributed by atoms with Crippen molar-refractivity contribution >= 4 is 23.3 Å². The molecule has 2 aromatic carbocycles. The molecule has 0 bridgehead atoms. The number of ether oxygens (including phenoxy) is 1. The van der Waals surface area contributed by atoms with Crippen molar-refractivity contribution in [2.75, 3.05) is 32.1 Å². The summed E-state index contributed by atoms with van der Waals surface area (Å²) in [7, 11) is 3.83. The Bertz CT molecular complexity index is 1080. The van der Waals surface area contributed by atoms with Gasteiger partial charge < -0.3 is 25.0 Å². The van der Waals surface area contributed by atoms with Crippen molar-refractivity contribution in [1.29, 1.82) is 0 Å². The van der Waals surface area contributed by atoms with Gasteiger partial charge in [0.2, 0.25) is 5.91 Å². The topological polar surface area (TPSA) is 99.2 Å². The molecule has 2 amide bonds. The Hall–Kier alpha value is -3.81. The van der Waals surface area contributed by atoms with E-state index in [1.165, 1.54) is 17.0 Å². The molecule has 0 aromatic heterocycles. The highest BCUT2D eigenvalue weighted by Gasteiger charge is 2.42. The predicted molar refractivity (Wildman–Crippen MR) is 123 cm³/mol. The Balaban J connectivity index is 1.58. The van der Waals surface area contributed by atoms with Crippen molar-refractivity contribution in [2.24, 2.45) is 0 Å². The number of anilines is 1. The minimum absolute atomic E-state index is 0.0481. The minimum Gasteiger partial charge on any atom is -0.508 e. The van der Waals surface area contributed by atoms with Gasteiger partial charge in [-0.15, -0.1) is 0 Å². The van der Waals surface area contributed by atoms with Crippen LogP contribution in [0.5, 0.6) is 5.75 Å². The van der Waals surface area contributed by atoms with Gasteiger partial charge in [0.25, 0.3) is 5.91 Å². The van der Waals surface area contributed by atoms with Crippen LogP contribution < -0.4 is 10.2 Å². The Morgan fingerprint density at radius 3 is 2.52 bits per heavy atom. The standard InChI is InChI=1S/C25H27N3O5/c1-27(2)18-9-7-17(8-10-18)24(31)26-20(14-16-5-11-19(29)12-6-16)25(32)28-13-3-4-22-23(28)21(30)15-33-22/h4-12,20,23,29H,3,13-15H2,1-2H3,(H,26,31). The highest BCUT2D eigenvalue weighted by atomic mass is 16.5. The molecule has 0 aliphatic carbocycles. The van der Waals surface area contributed by atoms with Gasteiger partial charge in [-0.3, -0.25) is 14.4 Å². The van der Waals surface area contributed by atoms with E-state index in [1.807, 2.05) is 37.2 Å². The van der Waals surface area contributed by atoms with Crippen LogP contribution >= 0.6 is 0 Å². The van der Waals surface area contributed by atoms with Gasteiger partial charge in [-0.05, 0) is 54.5 Å². The van der Waals surface area contributed by atoms with Crippen LogP contribution in [0, 0.1) is 0 Å². The molecule has 33 heavy (non-hydrogen) atoms. The molecule has 2 aromatic rings. The number of hydrogen-bond donors (Lipinski definition) is 2. The maximum atomic E-state index is 13.6. The highest BCUT2D eigenvalue weighted by Crippen LogP contribution is 2.26. The van der Waals surface area contributed by atoms with Crippen molar-refractivity contribution in [2.45, 2.75) is 24.9 Å². The number of carbonyl (C=O) groups excluding carboxylic acids is 3. The first-order valence-electron chi connectivity index (χ1n) is 10.9. The lowest BCUT2D eigenvalue weighted by atomic mass is 10.00. The molecule has 8 heteroatoms. The molecule has 172 valence electrons. The number of aromatic hydroxyl groups is 1. The second-order valence-corrected chi connectivity index (χ2v) is 8.42. The third-order valence-corrected chi connectivity index (χ3v) is 5.89. The zero-order valence-corrected chi connectivity index (χ0v) is 18.7. The summed E-state index contributed by atoms with van der Waals surface area (Å²) in [4.78, 5) is 42.4. The van der Waals surface area contributed by atoms with Crippen LogP contribution in [0.3, 0.4) is 0 Å². The Labute approximate surface area is 192 Å². The molecule has 2 aliphatic heterocycles. The number of benzene rings is 2. The molecule has 4 rings (SSSR count). The summed E-state index contributed by atoms with van der Waals surface area (Å²) < 4.78 is 5.44. The molecule has 2 aliphatic rings. The number of carbonyl (C=O) groups is 3. The van der Waals surface area contributed by atoms with Crippen molar-refractivity contribution in [3.63, 3.8) is 0 Å². The van der Waals surface area contributed by atoms with Crippen molar-refractivity contribution < 1.29 is 24.2 Å². The zero-order chi connectivity index (χ0) is 23.5. The number of nitrogens with one attached hydrogen (secondary N) is 1. The summed E-state index contributed by atoms with van der Waals surface area (Å²) in [5.41, 5.74) is 2.16. The second kappa shape index (κ2) is 9.36. The summed E-state index contributed by atoms with van der Waals surface area (Å²) >= 11 is 0. The summed E-state index contributed by atoms with van der Waals surface area (Å²) in [5, 5.41) is 12.4. The molecule has 1 saturated heterocycles. The van der Waals surface area contributed by atoms with E-state index < -0.39 is 12.1 Å². The molecular formula is C25H27N3O5. The van der Waals surface area contributed by atoms with E-state index in [1.54, 1.807) is 24.3 Å². The number of Topliss-reactive ketones (excluding diaryl/α,β-unsaturated/α-hetero) is 1. The van der Waals surface area contributed by atoms with E-state index >= 15 is 0 Å². The molecule has 2 atom stereocenters. The van der Waals surface area contributed by atoms with Gasteiger partial charge in [-0.2, -0.15) is 0 Å². The number of rotatable bonds is 6. The molecule has 1 fully saturated rings. The number of nitrogens with zero attached hydrogens (tertiary/aromatic N) is 2. The fourth-order valence-corrected chi connectivity index (χ4v) is 4.10. The van der Waals surface area contributed by atoms with Crippen LogP contribution in [0.15, 0.2) is 60.4 Å². The summed E-state index contributed by atoms with van der Waals surface area (Å²) in [6.45, 7) is 0.328. The maximum absolute atomic E-state index is 13.6. The number of phenolic OH excluding ortho intramolecular Hbond substituents is 1. The molecule has 0 radical (unpaired) electrons. The fourth-order valence-electron chi connectivity index (χ4n) is 4.10. The number of hydrogen-bond acceptors (Lipinski definition) is 6. The van der Waals surface area contributed by atoms with Gasteiger partial charge >= 0.3 is 0 Å². The lowest BCUT2D eigenvalue weighted by Crippen LogP contribution is -2.55. The van der Waals surface area contributed by atoms with Crippen molar-refractivity contribution in [3.05, 3.63) is 71.5 Å². The first-order valence-corrected chi connectivity index (χ1v) is 10.9. The Morgan fingerprint density at radius 1 is 1.15 bits per heavy atom. The smallest absolute Gasteiger partial charge is 0.251 e. The van der Waals surface area contributed by atoms with Gasteiger partial charge in [0, 0.05) is 38.3 Å². The maximum Gasteiger partial charge on any atom is 0.251 e. The van der Waals surface area contributed by atoms with Crippen LogP contribution in [-0.2, 0) is 20.7 Å². The zero-order valence-electron chi connectivity index (χ0n) is 18.7. The van der Waals surface area contributed by atoms with Crippen molar-refractivity contribution in [1.82, 2.24) is 10.2 Å². The SMILES string of the molecule is CN(C)c1ccc(C(=O)NC(Cc2ccc(O)cc2)C(=O)N2CCC=C3OCC(=O)C32)cc1. The normalized spacial score (nSPS) is 18.1. The first-order chi connectivity index (χ1) is 15.8. The van der Waals surface area contributed by atoms with E-state index in [-0.39, 0.29) is 36.4 Å². The first kappa shape index (κ1) is 22.4. The predicted octanol–water partition coefficient (Wildman–Crippen LogP) is 1.88. The van der Waals surface area contributed by atoms with E-state index in [0.717, 1.165) is 11.3 Å². The number of fused-ring (bicyclic) bond motifs is 1. The van der Waals surface area contributed by atoms with Crippen LogP contribution in [-0.4, -0.2) is 66.9 Å². The fraction of sp³-hybridized carbons (Fsp3) is 0.320.